The molecule has 0 aliphatic rings. The molecular formula is C15H10N4O. The average Bonchev–Trinajstić information content (AvgIpc) is 2.49. The van der Waals surface area contributed by atoms with Crippen molar-refractivity contribution >= 4 is 16.5 Å². The zero-order valence-corrected chi connectivity index (χ0v) is 10.4. The van der Waals surface area contributed by atoms with E-state index < -0.39 is 0 Å². The molecule has 0 saturated heterocycles. The standard InChI is InChI=1S/C15H10N4O/c16-8-10-5-6-14(13(17)7-10)20-15-12-4-2-1-3-11(12)9-18-19-15/h1-7,9H,17H2. The van der Waals surface area contributed by atoms with Crippen molar-refractivity contribution in [1.29, 1.82) is 5.26 Å². The zero-order chi connectivity index (χ0) is 13.9. The van der Waals surface area contributed by atoms with Crippen molar-refractivity contribution in [2.45, 2.75) is 0 Å². The van der Waals surface area contributed by atoms with Gasteiger partial charge in [0.2, 0.25) is 5.88 Å². The van der Waals surface area contributed by atoms with E-state index >= 15 is 0 Å². The monoisotopic (exact) mass is 262 g/mol. The number of aromatic nitrogens is 2. The largest absolute Gasteiger partial charge is 0.435 e. The van der Waals surface area contributed by atoms with Crippen LogP contribution in [0.25, 0.3) is 10.8 Å². The van der Waals surface area contributed by atoms with Crippen molar-refractivity contribution in [1.82, 2.24) is 10.2 Å². The van der Waals surface area contributed by atoms with Gasteiger partial charge in [0.25, 0.3) is 0 Å². The molecule has 0 radical (unpaired) electrons. The lowest BCUT2D eigenvalue weighted by molar-refractivity contribution is 0.464. The fourth-order valence-electron chi connectivity index (χ4n) is 1.89. The molecule has 0 aliphatic carbocycles. The van der Waals surface area contributed by atoms with E-state index in [1.165, 1.54) is 0 Å². The van der Waals surface area contributed by atoms with Crippen LogP contribution in [0.2, 0.25) is 0 Å². The summed E-state index contributed by atoms with van der Waals surface area (Å²) in [7, 11) is 0. The summed E-state index contributed by atoms with van der Waals surface area (Å²) in [6.45, 7) is 0. The molecule has 0 bridgehead atoms. The average molecular weight is 262 g/mol. The number of ether oxygens (including phenoxy) is 1. The third-order valence-electron chi connectivity index (χ3n) is 2.88. The van der Waals surface area contributed by atoms with E-state index in [4.69, 9.17) is 15.7 Å². The minimum atomic E-state index is 0.388. The van der Waals surface area contributed by atoms with Crippen LogP contribution < -0.4 is 10.5 Å². The minimum Gasteiger partial charge on any atom is -0.435 e. The highest BCUT2D eigenvalue weighted by Crippen LogP contribution is 2.30. The molecule has 2 N–H and O–H groups in total. The highest BCUT2D eigenvalue weighted by Gasteiger charge is 2.08. The number of rotatable bonds is 2. The first-order chi connectivity index (χ1) is 9.78. The lowest BCUT2D eigenvalue weighted by Crippen LogP contribution is -1.96. The molecular weight excluding hydrogens is 252 g/mol. The first-order valence-corrected chi connectivity index (χ1v) is 5.96. The van der Waals surface area contributed by atoms with Gasteiger partial charge in [-0.2, -0.15) is 10.4 Å². The quantitative estimate of drug-likeness (QED) is 0.718. The van der Waals surface area contributed by atoms with Crippen molar-refractivity contribution in [3.05, 3.63) is 54.2 Å². The Bertz CT molecular complexity index is 818. The number of hydrogen-bond donors (Lipinski definition) is 1. The Labute approximate surface area is 115 Å². The van der Waals surface area contributed by atoms with Gasteiger partial charge in [0, 0.05) is 10.8 Å². The third kappa shape index (κ3) is 2.10. The molecule has 0 unspecified atom stereocenters. The van der Waals surface area contributed by atoms with Gasteiger partial charge in [-0.05, 0) is 24.3 Å². The maximum absolute atomic E-state index is 8.82. The Morgan fingerprint density at radius 3 is 2.80 bits per heavy atom. The summed E-state index contributed by atoms with van der Waals surface area (Å²) in [5.74, 6) is 0.842. The van der Waals surface area contributed by atoms with E-state index in [1.54, 1.807) is 24.4 Å². The Hall–Kier alpha value is -3.13. The second-order valence-corrected chi connectivity index (χ2v) is 4.20. The van der Waals surface area contributed by atoms with Gasteiger partial charge in [0.15, 0.2) is 5.75 Å². The molecule has 2 aromatic carbocycles. The molecule has 5 nitrogen and oxygen atoms in total. The SMILES string of the molecule is N#Cc1ccc(Oc2nncc3ccccc23)c(N)c1. The van der Waals surface area contributed by atoms with Crippen LogP contribution in [-0.4, -0.2) is 10.2 Å². The highest BCUT2D eigenvalue weighted by molar-refractivity contribution is 5.86. The highest BCUT2D eigenvalue weighted by atomic mass is 16.5. The molecule has 20 heavy (non-hydrogen) atoms. The normalized spacial score (nSPS) is 10.2. The van der Waals surface area contributed by atoms with Crippen LogP contribution in [0, 0.1) is 11.3 Å². The molecule has 1 heterocycles. The predicted molar refractivity (Wildman–Crippen MR) is 75.2 cm³/mol. The minimum absolute atomic E-state index is 0.388. The Kier molecular flexibility index (Phi) is 2.90. The van der Waals surface area contributed by atoms with Crippen LogP contribution in [0.1, 0.15) is 5.56 Å². The number of nitrogens with two attached hydrogens (primary N) is 1. The van der Waals surface area contributed by atoms with Crippen molar-refractivity contribution in [2.75, 3.05) is 5.73 Å². The van der Waals surface area contributed by atoms with Crippen molar-refractivity contribution < 1.29 is 4.74 Å². The van der Waals surface area contributed by atoms with Gasteiger partial charge in [-0.3, -0.25) is 0 Å². The van der Waals surface area contributed by atoms with Crippen molar-refractivity contribution in [3.8, 4) is 17.7 Å². The fourth-order valence-corrected chi connectivity index (χ4v) is 1.89. The van der Waals surface area contributed by atoms with Gasteiger partial charge in [-0.25, -0.2) is 0 Å². The Morgan fingerprint density at radius 1 is 1.15 bits per heavy atom. The van der Waals surface area contributed by atoms with Crippen LogP contribution in [0.3, 0.4) is 0 Å². The predicted octanol–water partition coefficient (Wildman–Crippen LogP) is 2.88. The lowest BCUT2D eigenvalue weighted by atomic mass is 10.2. The summed E-state index contributed by atoms with van der Waals surface area (Å²) in [6.07, 6.45) is 1.67. The second-order valence-electron chi connectivity index (χ2n) is 4.20. The van der Waals surface area contributed by atoms with E-state index in [9.17, 15) is 0 Å². The van der Waals surface area contributed by atoms with Gasteiger partial charge >= 0.3 is 0 Å². The summed E-state index contributed by atoms with van der Waals surface area (Å²) >= 11 is 0. The summed E-state index contributed by atoms with van der Waals surface area (Å²) in [5, 5.41) is 18.5. The first-order valence-electron chi connectivity index (χ1n) is 5.96. The summed E-state index contributed by atoms with van der Waals surface area (Å²) in [4.78, 5) is 0. The molecule has 0 saturated carbocycles. The molecule has 0 amide bonds. The smallest absolute Gasteiger partial charge is 0.246 e. The molecule has 0 aliphatic heterocycles. The molecule has 0 fully saturated rings. The van der Waals surface area contributed by atoms with Crippen molar-refractivity contribution in [3.63, 3.8) is 0 Å². The number of anilines is 1. The number of hydrogen-bond acceptors (Lipinski definition) is 5. The zero-order valence-electron chi connectivity index (χ0n) is 10.4. The number of benzene rings is 2. The lowest BCUT2D eigenvalue weighted by Gasteiger charge is -2.09. The molecule has 1 aromatic heterocycles. The van der Waals surface area contributed by atoms with Crippen LogP contribution in [0.4, 0.5) is 5.69 Å². The summed E-state index contributed by atoms with van der Waals surface area (Å²) in [6, 6.07) is 14.5. The number of nitrogen functional groups attached to an aromatic ring is 1. The van der Waals surface area contributed by atoms with Crippen LogP contribution in [-0.2, 0) is 0 Å². The molecule has 3 rings (SSSR count). The van der Waals surface area contributed by atoms with Gasteiger partial charge in [-0.15, -0.1) is 5.10 Å². The Balaban J connectivity index is 2.04. The molecule has 3 aromatic rings. The number of nitriles is 1. The van der Waals surface area contributed by atoms with E-state index in [-0.39, 0.29) is 0 Å². The maximum Gasteiger partial charge on any atom is 0.246 e. The van der Waals surface area contributed by atoms with E-state index in [1.807, 2.05) is 30.3 Å². The molecule has 96 valence electrons. The third-order valence-corrected chi connectivity index (χ3v) is 2.88. The first kappa shape index (κ1) is 11.9. The van der Waals surface area contributed by atoms with Gasteiger partial charge < -0.3 is 10.5 Å². The van der Waals surface area contributed by atoms with E-state index in [2.05, 4.69) is 10.2 Å². The van der Waals surface area contributed by atoms with Crippen LogP contribution in [0.5, 0.6) is 11.6 Å². The number of fused-ring (bicyclic) bond motifs is 1. The topological polar surface area (TPSA) is 84.8 Å². The van der Waals surface area contributed by atoms with Crippen molar-refractivity contribution in [2.24, 2.45) is 0 Å². The Morgan fingerprint density at radius 2 is 2.00 bits per heavy atom. The van der Waals surface area contributed by atoms with Crippen LogP contribution in [0.15, 0.2) is 48.7 Å². The maximum atomic E-state index is 8.82. The molecule has 0 atom stereocenters. The van der Waals surface area contributed by atoms with Gasteiger partial charge in [-0.1, -0.05) is 18.2 Å². The van der Waals surface area contributed by atoms with Crippen LogP contribution >= 0.6 is 0 Å². The van der Waals surface area contributed by atoms with Gasteiger partial charge in [0.1, 0.15) is 0 Å². The molecule has 5 heteroatoms. The second kappa shape index (κ2) is 4.86. The molecule has 0 spiro atoms. The van der Waals surface area contributed by atoms with Gasteiger partial charge in [0.05, 0.1) is 23.5 Å². The fraction of sp³-hybridized carbons (Fsp3) is 0. The number of nitrogens with zero attached hydrogens (tertiary/aromatic N) is 3. The summed E-state index contributed by atoms with van der Waals surface area (Å²) in [5.41, 5.74) is 6.74. The van der Waals surface area contributed by atoms with E-state index in [0.29, 0.717) is 22.9 Å². The van der Waals surface area contributed by atoms with E-state index in [0.717, 1.165) is 10.8 Å². The summed E-state index contributed by atoms with van der Waals surface area (Å²) < 4.78 is 5.71.